The Morgan fingerprint density at radius 3 is 2.65 bits per heavy atom. The third-order valence-corrected chi connectivity index (χ3v) is 5.72. The molecule has 1 aromatic carbocycles. The van der Waals surface area contributed by atoms with Crippen molar-refractivity contribution in [2.45, 2.75) is 4.90 Å². The molecule has 2 heterocycles. The van der Waals surface area contributed by atoms with Crippen LogP contribution < -0.4 is 5.32 Å². The molecule has 118 valence electrons. The average Bonchev–Trinajstić information content (AvgIpc) is 2.96. The van der Waals surface area contributed by atoms with Crippen LogP contribution in [0.15, 0.2) is 46.9 Å². The van der Waals surface area contributed by atoms with Gasteiger partial charge in [0.1, 0.15) is 22.7 Å². The first-order chi connectivity index (χ1) is 11.0. The van der Waals surface area contributed by atoms with Gasteiger partial charge < -0.3 is 5.32 Å². The van der Waals surface area contributed by atoms with Crippen LogP contribution in [0.3, 0.4) is 0 Å². The van der Waals surface area contributed by atoms with E-state index in [0.717, 1.165) is 4.83 Å². The Morgan fingerprint density at radius 1 is 1.17 bits per heavy atom. The number of nitrogens with zero attached hydrogens (tertiary/aromatic N) is 2. The van der Waals surface area contributed by atoms with Crippen LogP contribution >= 0.6 is 22.9 Å². The summed E-state index contributed by atoms with van der Waals surface area (Å²) in [7, 11) is -3.75. The van der Waals surface area contributed by atoms with Gasteiger partial charge in [-0.3, -0.25) is 4.79 Å². The molecule has 0 fully saturated rings. The molecule has 0 aliphatic heterocycles. The Hall–Kier alpha value is -2.03. The predicted octanol–water partition coefficient (Wildman–Crippen LogP) is 2.76. The summed E-state index contributed by atoms with van der Waals surface area (Å²) < 4.78 is 24.4. The number of hydrogen-bond donors (Lipinski definition) is 1. The van der Waals surface area contributed by atoms with Crippen molar-refractivity contribution in [1.29, 1.82) is 0 Å². The summed E-state index contributed by atoms with van der Waals surface area (Å²) in [6, 6.07) is 7.43. The van der Waals surface area contributed by atoms with Gasteiger partial charge in [-0.1, -0.05) is 11.6 Å². The summed E-state index contributed by atoms with van der Waals surface area (Å²) >= 11 is 7.14. The fourth-order valence-corrected chi connectivity index (χ4v) is 3.95. The number of amides is 1. The molecule has 0 atom stereocenters. The van der Waals surface area contributed by atoms with E-state index in [0.29, 0.717) is 16.2 Å². The van der Waals surface area contributed by atoms with Crippen molar-refractivity contribution < 1.29 is 13.2 Å². The van der Waals surface area contributed by atoms with E-state index in [4.69, 9.17) is 11.6 Å². The molecular weight excluding hydrogens is 358 g/mol. The van der Waals surface area contributed by atoms with Crippen LogP contribution in [0.2, 0.25) is 5.02 Å². The van der Waals surface area contributed by atoms with Crippen molar-refractivity contribution in [1.82, 2.24) is 9.97 Å². The lowest BCUT2D eigenvalue weighted by molar-refractivity contribution is -0.113. The van der Waals surface area contributed by atoms with Gasteiger partial charge >= 0.3 is 0 Å². The van der Waals surface area contributed by atoms with E-state index in [9.17, 15) is 13.2 Å². The van der Waals surface area contributed by atoms with Gasteiger partial charge in [-0.25, -0.2) is 18.4 Å². The van der Waals surface area contributed by atoms with Crippen molar-refractivity contribution in [3.63, 3.8) is 0 Å². The molecule has 0 aliphatic rings. The third kappa shape index (κ3) is 3.49. The van der Waals surface area contributed by atoms with Crippen LogP contribution in [-0.2, 0) is 14.6 Å². The molecule has 6 nitrogen and oxygen atoms in total. The van der Waals surface area contributed by atoms with E-state index >= 15 is 0 Å². The number of hydrogen-bond acceptors (Lipinski definition) is 6. The molecule has 0 bridgehead atoms. The number of carbonyl (C=O) groups is 1. The zero-order valence-corrected chi connectivity index (χ0v) is 14.0. The van der Waals surface area contributed by atoms with E-state index in [2.05, 4.69) is 15.3 Å². The van der Waals surface area contributed by atoms with E-state index in [1.807, 2.05) is 5.38 Å². The van der Waals surface area contributed by atoms with E-state index in [-0.39, 0.29) is 4.90 Å². The second-order valence-electron chi connectivity index (χ2n) is 4.62. The molecule has 23 heavy (non-hydrogen) atoms. The van der Waals surface area contributed by atoms with Crippen LogP contribution in [-0.4, -0.2) is 30.0 Å². The molecule has 3 rings (SSSR count). The number of halogens is 1. The summed E-state index contributed by atoms with van der Waals surface area (Å²) in [6.45, 7) is 0. The SMILES string of the molecule is O=C(CS(=O)(=O)c1ccc(Cl)cc1)Nc1ncnc2sccc12. The van der Waals surface area contributed by atoms with Gasteiger partial charge in [0.25, 0.3) is 0 Å². The number of nitrogens with one attached hydrogen (secondary N) is 1. The molecule has 0 saturated carbocycles. The minimum absolute atomic E-state index is 0.0421. The molecular formula is C14H10ClN3O3S2. The van der Waals surface area contributed by atoms with Crippen molar-refractivity contribution in [2.75, 3.05) is 11.1 Å². The fraction of sp³-hybridized carbons (Fsp3) is 0.0714. The van der Waals surface area contributed by atoms with Gasteiger partial charge in [0.2, 0.25) is 5.91 Å². The molecule has 1 amide bonds. The molecule has 0 unspecified atom stereocenters. The highest BCUT2D eigenvalue weighted by Gasteiger charge is 2.20. The van der Waals surface area contributed by atoms with Crippen molar-refractivity contribution in [3.8, 4) is 0 Å². The van der Waals surface area contributed by atoms with Crippen LogP contribution in [0.1, 0.15) is 0 Å². The zero-order valence-electron chi connectivity index (χ0n) is 11.6. The fourth-order valence-electron chi connectivity index (χ4n) is 1.96. The number of benzene rings is 1. The van der Waals surface area contributed by atoms with Crippen LogP contribution in [0.25, 0.3) is 10.2 Å². The van der Waals surface area contributed by atoms with Gasteiger partial charge in [0.15, 0.2) is 9.84 Å². The topological polar surface area (TPSA) is 89.0 Å². The Balaban J connectivity index is 1.79. The molecule has 2 aromatic heterocycles. The van der Waals surface area contributed by atoms with E-state index in [1.54, 1.807) is 6.07 Å². The number of thiophene rings is 1. The van der Waals surface area contributed by atoms with Crippen molar-refractivity contribution in [3.05, 3.63) is 47.1 Å². The molecule has 3 aromatic rings. The van der Waals surface area contributed by atoms with E-state index in [1.165, 1.54) is 41.9 Å². The summed E-state index contributed by atoms with van der Waals surface area (Å²) in [6.07, 6.45) is 1.32. The van der Waals surface area contributed by atoms with Crippen molar-refractivity contribution in [2.24, 2.45) is 0 Å². The van der Waals surface area contributed by atoms with Crippen LogP contribution in [0.5, 0.6) is 0 Å². The monoisotopic (exact) mass is 367 g/mol. The zero-order chi connectivity index (χ0) is 16.4. The average molecular weight is 368 g/mol. The lowest BCUT2D eigenvalue weighted by Gasteiger charge is -2.06. The number of sulfone groups is 1. The molecule has 0 spiro atoms. The Kier molecular flexibility index (Phi) is 4.29. The Morgan fingerprint density at radius 2 is 1.91 bits per heavy atom. The quantitative estimate of drug-likeness (QED) is 0.765. The maximum absolute atomic E-state index is 12.2. The van der Waals surface area contributed by atoms with Crippen LogP contribution in [0, 0.1) is 0 Å². The Labute approximate surface area is 141 Å². The highest BCUT2D eigenvalue weighted by molar-refractivity contribution is 7.92. The number of rotatable bonds is 4. The largest absolute Gasteiger partial charge is 0.309 e. The number of aromatic nitrogens is 2. The number of carbonyl (C=O) groups excluding carboxylic acids is 1. The first-order valence-electron chi connectivity index (χ1n) is 6.42. The summed E-state index contributed by atoms with van der Waals surface area (Å²) in [4.78, 5) is 20.9. The van der Waals surface area contributed by atoms with Gasteiger partial charge in [-0.15, -0.1) is 11.3 Å². The van der Waals surface area contributed by atoms with Gasteiger partial charge in [0.05, 0.1) is 10.3 Å². The predicted molar refractivity (Wildman–Crippen MR) is 89.5 cm³/mol. The van der Waals surface area contributed by atoms with Crippen molar-refractivity contribution >= 4 is 54.7 Å². The maximum atomic E-state index is 12.2. The first kappa shape index (κ1) is 15.9. The maximum Gasteiger partial charge on any atom is 0.241 e. The smallest absolute Gasteiger partial charge is 0.241 e. The van der Waals surface area contributed by atoms with Gasteiger partial charge in [-0.2, -0.15) is 0 Å². The Bertz CT molecular complexity index is 968. The summed E-state index contributed by atoms with van der Waals surface area (Å²) in [5.74, 6) is -1.04. The summed E-state index contributed by atoms with van der Waals surface area (Å²) in [5.41, 5.74) is 0. The highest BCUT2D eigenvalue weighted by Crippen LogP contribution is 2.24. The molecule has 0 saturated heterocycles. The minimum atomic E-state index is -3.75. The molecule has 0 aliphatic carbocycles. The molecule has 9 heteroatoms. The lowest BCUT2D eigenvalue weighted by Crippen LogP contribution is -2.23. The second-order valence-corrected chi connectivity index (χ2v) is 7.94. The normalized spacial score (nSPS) is 11.5. The van der Waals surface area contributed by atoms with Gasteiger partial charge in [-0.05, 0) is 35.7 Å². The molecule has 0 radical (unpaired) electrons. The number of fused-ring (bicyclic) bond motifs is 1. The molecule has 1 N–H and O–H groups in total. The minimum Gasteiger partial charge on any atom is -0.309 e. The second kappa shape index (κ2) is 6.23. The van der Waals surface area contributed by atoms with Gasteiger partial charge in [0, 0.05) is 5.02 Å². The first-order valence-corrected chi connectivity index (χ1v) is 9.33. The number of anilines is 1. The highest BCUT2D eigenvalue weighted by atomic mass is 35.5. The lowest BCUT2D eigenvalue weighted by atomic mass is 10.4. The van der Waals surface area contributed by atoms with Crippen LogP contribution in [0.4, 0.5) is 5.82 Å². The summed E-state index contributed by atoms with van der Waals surface area (Å²) in [5, 5.41) is 5.44. The standard InChI is InChI=1S/C14H10ClN3O3S2/c15-9-1-3-10(4-2-9)23(20,21)7-12(19)18-13-11-5-6-22-14(11)17-8-16-13/h1-6,8H,7H2,(H,16,17,18,19). The van der Waals surface area contributed by atoms with E-state index < -0.39 is 21.5 Å². The third-order valence-electron chi connectivity index (χ3n) is 3.01.